The van der Waals surface area contributed by atoms with Gasteiger partial charge in [0, 0.05) is 13.0 Å². The molecule has 12 nitrogen and oxygen atoms in total. The zero-order valence-corrected chi connectivity index (χ0v) is 17.2. The van der Waals surface area contributed by atoms with Crippen molar-refractivity contribution in [1.29, 1.82) is 0 Å². The largest absolute Gasteiger partial charge is 0.480 e. The number of carboxylic acids is 1. The van der Waals surface area contributed by atoms with Crippen LogP contribution in [0.5, 0.6) is 0 Å². The SMILES string of the molecule is CSCCC(NC(=O)C(CCC(N)=O)NC(=O)C(N)CCCN=C(N)N)C(=O)O. The molecule has 13 heteroatoms. The molecule has 0 aliphatic heterocycles. The Morgan fingerprint density at radius 3 is 2.14 bits per heavy atom. The fraction of sp³-hybridized carbons (Fsp3) is 0.688. The third kappa shape index (κ3) is 12.5. The molecule has 29 heavy (non-hydrogen) atoms. The lowest BCUT2D eigenvalue weighted by atomic mass is 10.1. The van der Waals surface area contributed by atoms with E-state index >= 15 is 0 Å². The van der Waals surface area contributed by atoms with Crippen molar-refractivity contribution in [3.8, 4) is 0 Å². The Morgan fingerprint density at radius 1 is 1.00 bits per heavy atom. The highest BCUT2D eigenvalue weighted by atomic mass is 32.2. The van der Waals surface area contributed by atoms with Gasteiger partial charge >= 0.3 is 5.97 Å². The highest BCUT2D eigenvalue weighted by Crippen LogP contribution is 2.05. The van der Waals surface area contributed by atoms with E-state index in [-0.39, 0.29) is 31.6 Å². The molecule has 0 aromatic carbocycles. The van der Waals surface area contributed by atoms with Crippen LogP contribution in [0.4, 0.5) is 0 Å². The molecule has 3 atom stereocenters. The van der Waals surface area contributed by atoms with E-state index in [2.05, 4.69) is 15.6 Å². The fourth-order valence-electron chi connectivity index (χ4n) is 2.25. The molecular formula is C16H31N7O5S. The molecule has 0 spiro atoms. The zero-order chi connectivity index (χ0) is 22.4. The van der Waals surface area contributed by atoms with Crippen molar-refractivity contribution < 1.29 is 24.3 Å². The Kier molecular flexibility index (Phi) is 13.2. The van der Waals surface area contributed by atoms with E-state index in [1.807, 2.05) is 6.26 Å². The number of nitrogens with one attached hydrogen (secondary N) is 2. The molecule has 0 fully saturated rings. The van der Waals surface area contributed by atoms with Gasteiger partial charge in [0.2, 0.25) is 17.7 Å². The summed E-state index contributed by atoms with van der Waals surface area (Å²) in [5, 5.41) is 14.1. The van der Waals surface area contributed by atoms with Crippen molar-refractivity contribution in [3.05, 3.63) is 0 Å². The number of carboxylic acid groups (broad SMARTS) is 1. The number of nitrogens with two attached hydrogens (primary N) is 4. The maximum atomic E-state index is 12.5. The number of hydrogen-bond donors (Lipinski definition) is 7. The van der Waals surface area contributed by atoms with Gasteiger partial charge in [-0.05, 0) is 37.7 Å². The number of aliphatic carboxylic acids is 1. The summed E-state index contributed by atoms with van der Waals surface area (Å²) >= 11 is 1.44. The van der Waals surface area contributed by atoms with Crippen LogP contribution in [0.1, 0.15) is 32.1 Å². The first kappa shape index (κ1) is 26.5. The molecule has 0 saturated heterocycles. The first-order valence-corrected chi connectivity index (χ1v) is 10.4. The summed E-state index contributed by atoms with van der Waals surface area (Å²) in [5.74, 6) is -2.73. The number of hydrogen-bond acceptors (Lipinski definition) is 7. The first-order valence-electron chi connectivity index (χ1n) is 9.00. The van der Waals surface area contributed by atoms with Crippen LogP contribution in [0.15, 0.2) is 4.99 Å². The van der Waals surface area contributed by atoms with E-state index < -0.39 is 41.8 Å². The number of rotatable bonds is 15. The zero-order valence-electron chi connectivity index (χ0n) is 16.4. The molecule has 3 amide bonds. The van der Waals surface area contributed by atoms with Gasteiger partial charge in [0.25, 0.3) is 0 Å². The van der Waals surface area contributed by atoms with Gasteiger partial charge in [0.05, 0.1) is 6.04 Å². The van der Waals surface area contributed by atoms with Crippen molar-refractivity contribution in [3.63, 3.8) is 0 Å². The molecule has 3 unspecified atom stereocenters. The van der Waals surface area contributed by atoms with E-state index in [9.17, 15) is 24.3 Å². The smallest absolute Gasteiger partial charge is 0.326 e. The second-order valence-corrected chi connectivity index (χ2v) is 7.29. The van der Waals surface area contributed by atoms with Crippen molar-refractivity contribution >= 4 is 41.4 Å². The molecule has 0 saturated carbocycles. The molecule has 0 aromatic rings. The second-order valence-electron chi connectivity index (χ2n) is 6.30. The molecule has 0 heterocycles. The van der Waals surface area contributed by atoms with Gasteiger partial charge in [-0.15, -0.1) is 0 Å². The normalized spacial score (nSPS) is 13.6. The quantitative estimate of drug-likeness (QED) is 0.0816. The minimum atomic E-state index is -1.19. The van der Waals surface area contributed by atoms with Crippen LogP contribution in [0.2, 0.25) is 0 Å². The topological polar surface area (TPSA) is 229 Å². The first-order chi connectivity index (χ1) is 13.6. The lowest BCUT2D eigenvalue weighted by Crippen LogP contribution is -2.54. The number of thioether (sulfide) groups is 1. The molecule has 0 aliphatic carbocycles. The number of aliphatic imine (C=N–C) groups is 1. The maximum absolute atomic E-state index is 12.5. The predicted molar refractivity (Wildman–Crippen MR) is 111 cm³/mol. The Hall–Kier alpha value is -2.54. The number of nitrogens with zero attached hydrogens (tertiary/aromatic N) is 1. The van der Waals surface area contributed by atoms with Gasteiger partial charge in [-0.25, -0.2) is 4.79 Å². The summed E-state index contributed by atoms with van der Waals surface area (Å²) < 4.78 is 0. The summed E-state index contributed by atoms with van der Waals surface area (Å²) in [6.45, 7) is 0.296. The summed E-state index contributed by atoms with van der Waals surface area (Å²) in [4.78, 5) is 50.9. The van der Waals surface area contributed by atoms with Gasteiger partial charge < -0.3 is 38.7 Å². The van der Waals surface area contributed by atoms with Crippen molar-refractivity contribution in [2.75, 3.05) is 18.6 Å². The number of carbonyl (C=O) groups excluding carboxylic acids is 3. The summed E-state index contributed by atoms with van der Waals surface area (Å²) in [6.07, 6.45) is 2.48. The monoisotopic (exact) mass is 433 g/mol. The molecule has 0 aliphatic rings. The van der Waals surface area contributed by atoms with Crippen molar-refractivity contribution in [2.45, 2.75) is 50.2 Å². The molecule has 0 radical (unpaired) electrons. The van der Waals surface area contributed by atoms with Crippen LogP contribution in [0.25, 0.3) is 0 Å². The van der Waals surface area contributed by atoms with Gasteiger partial charge in [0.15, 0.2) is 5.96 Å². The van der Waals surface area contributed by atoms with Crippen molar-refractivity contribution in [1.82, 2.24) is 10.6 Å². The average molecular weight is 434 g/mol. The highest BCUT2D eigenvalue weighted by molar-refractivity contribution is 7.98. The molecule has 0 rings (SSSR count). The third-order valence-electron chi connectivity index (χ3n) is 3.84. The van der Waals surface area contributed by atoms with E-state index in [1.165, 1.54) is 11.8 Å². The van der Waals surface area contributed by atoms with Crippen LogP contribution in [-0.2, 0) is 19.2 Å². The van der Waals surface area contributed by atoms with Crippen LogP contribution in [-0.4, -0.2) is 71.4 Å². The molecule has 11 N–H and O–H groups in total. The predicted octanol–water partition coefficient (Wildman–Crippen LogP) is -2.56. The molecule has 0 aromatic heterocycles. The van der Waals surface area contributed by atoms with E-state index in [1.54, 1.807) is 0 Å². The number of carbonyl (C=O) groups is 4. The molecular weight excluding hydrogens is 402 g/mol. The van der Waals surface area contributed by atoms with Gasteiger partial charge in [-0.3, -0.25) is 19.4 Å². The van der Waals surface area contributed by atoms with Crippen LogP contribution in [0, 0.1) is 0 Å². The number of amides is 3. The lowest BCUT2D eigenvalue weighted by molar-refractivity contribution is -0.142. The number of guanidine groups is 1. The van der Waals surface area contributed by atoms with E-state index in [0.29, 0.717) is 18.7 Å². The Balaban J connectivity index is 4.94. The summed E-state index contributed by atoms with van der Waals surface area (Å²) in [5.41, 5.74) is 21.3. The Bertz CT molecular complexity index is 598. The fourth-order valence-corrected chi connectivity index (χ4v) is 2.72. The average Bonchev–Trinajstić information content (AvgIpc) is 2.64. The van der Waals surface area contributed by atoms with E-state index in [0.717, 1.165) is 0 Å². The summed E-state index contributed by atoms with van der Waals surface area (Å²) in [7, 11) is 0. The van der Waals surface area contributed by atoms with E-state index in [4.69, 9.17) is 22.9 Å². The van der Waals surface area contributed by atoms with Gasteiger partial charge in [-0.1, -0.05) is 0 Å². The lowest BCUT2D eigenvalue weighted by Gasteiger charge is -2.22. The van der Waals surface area contributed by atoms with Crippen molar-refractivity contribution in [2.24, 2.45) is 27.9 Å². The Labute approximate surface area is 173 Å². The van der Waals surface area contributed by atoms with Crippen LogP contribution in [0.3, 0.4) is 0 Å². The summed E-state index contributed by atoms with van der Waals surface area (Å²) in [6, 6.07) is -3.19. The third-order valence-corrected chi connectivity index (χ3v) is 4.49. The van der Waals surface area contributed by atoms with Crippen LogP contribution >= 0.6 is 11.8 Å². The maximum Gasteiger partial charge on any atom is 0.326 e. The standard InChI is InChI=1S/C16H31N7O5S/c1-29-8-6-11(15(27)28)23-14(26)10(4-5-12(18)24)22-13(25)9(17)3-2-7-21-16(19)20/h9-11H,2-8,17H2,1H3,(H2,18,24)(H,22,25)(H,23,26)(H,27,28)(H4,19,20,21). The van der Waals surface area contributed by atoms with Gasteiger partial charge in [0.1, 0.15) is 12.1 Å². The minimum absolute atomic E-state index is 0.0688. The van der Waals surface area contributed by atoms with Gasteiger partial charge in [-0.2, -0.15) is 11.8 Å². The minimum Gasteiger partial charge on any atom is -0.480 e. The second kappa shape index (κ2) is 14.5. The highest BCUT2D eigenvalue weighted by Gasteiger charge is 2.27. The Morgan fingerprint density at radius 2 is 1.62 bits per heavy atom. The number of primary amides is 1. The molecule has 166 valence electrons. The molecule has 0 bridgehead atoms. The van der Waals surface area contributed by atoms with Crippen LogP contribution < -0.4 is 33.6 Å².